The first-order valence-electron chi connectivity index (χ1n) is 5.59. The first kappa shape index (κ1) is 12.2. The molecule has 3 aromatic rings. The summed E-state index contributed by atoms with van der Waals surface area (Å²) in [7, 11) is 0. The Morgan fingerprint density at radius 3 is 2.50 bits per heavy atom. The molecular formula is C13H7F2N3O2. The minimum atomic E-state index is -1.09. The van der Waals surface area contributed by atoms with E-state index in [1.807, 2.05) is 0 Å². The third-order valence-electron chi connectivity index (χ3n) is 2.71. The molecule has 0 spiro atoms. The van der Waals surface area contributed by atoms with Gasteiger partial charge in [0, 0.05) is 17.8 Å². The molecule has 2 heterocycles. The van der Waals surface area contributed by atoms with E-state index in [0.29, 0.717) is 0 Å². The Bertz CT molecular complexity index is 809. The van der Waals surface area contributed by atoms with Crippen LogP contribution in [0.1, 0.15) is 10.4 Å². The molecule has 7 heteroatoms. The van der Waals surface area contributed by atoms with Crippen molar-refractivity contribution in [2.75, 3.05) is 0 Å². The van der Waals surface area contributed by atoms with E-state index in [1.165, 1.54) is 22.8 Å². The fraction of sp³-hybridized carbons (Fsp3) is 0. The van der Waals surface area contributed by atoms with E-state index in [1.54, 1.807) is 0 Å². The maximum atomic E-state index is 13.2. The largest absolute Gasteiger partial charge is 0.478 e. The number of carbonyl (C=O) groups is 1. The average Bonchev–Trinajstić information content (AvgIpc) is 2.80. The second-order valence-electron chi connectivity index (χ2n) is 4.12. The minimum Gasteiger partial charge on any atom is -0.478 e. The lowest BCUT2D eigenvalue weighted by molar-refractivity contribution is 0.0697. The lowest BCUT2D eigenvalue weighted by atomic mass is 10.2. The van der Waals surface area contributed by atoms with Gasteiger partial charge in [0.15, 0.2) is 11.5 Å². The van der Waals surface area contributed by atoms with Crippen LogP contribution in [0.4, 0.5) is 8.78 Å². The molecule has 0 saturated carbocycles. The molecule has 20 heavy (non-hydrogen) atoms. The lowest BCUT2D eigenvalue weighted by Gasteiger charge is -1.95. The number of pyridine rings is 1. The van der Waals surface area contributed by atoms with Gasteiger partial charge in [-0.25, -0.2) is 23.1 Å². The maximum absolute atomic E-state index is 13.2. The van der Waals surface area contributed by atoms with Gasteiger partial charge < -0.3 is 5.11 Å². The van der Waals surface area contributed by atoms with E-state index in [9.17, 15) is 13.6 Å². The van der Waals surface area contributed by atoms with Crippen molar-refractivity contribution < 1.29 is 18.7 Å². The normalized spacial score (nSPS) is 10.9. The van der Waals surface area contributed by atoms with E-state index < -0.39 is 17.6 Å². The summed E-state index contributed by atoms with van der Waals surface area (Å²) >= 11 is 0. The monoisotopic (exact) mass is 275 g/mol. The summed E-state index contributed by atoms with van der Waals surface area (Å²) < 4.78 is 27.7. The Balaban J connectivity index is 2.15. The highest BCUT2D eigenvalue weighted by atomic mass is 19.1. The van der Waals surface area contributed by atoms with Crippen molar-refractivity contribution >= 4 is 11.6 Å². The quantitative estimate of drug-likeness (QED) is 0.779. The Morgan fingerprint density at radius 2 is 1.85 bits per heavy atom. The summed E-state index contributed by atoms with van der Waals surface area (Å²) in [6.45, 7) is 0. The van der Waals surface area contributed by atoms with E-state index in [2.05, 4.69) is 10.1 Å². The first-order valence-corrected chi connectivity index (χ1v) is 5.59. The molecule has 2 aromatic heterocycles. The van der Waals surface area contributed by atoms with Gasteiger partial charge in [-0.15, -0.1) is 5.10 Å². The van der Waals surface area contributed by atoms with Crippen LogP contribution >= 0.6 is 0 Å². The molecule has 0 amide bonds. The van der Waals surface area contributed by atoms with Gasteiger partial charge in [-0.3, -0.25) is 0 Å². The number of hydrogen-bond acceptors (Lipinski definition) is 3. The van der Waals surface area contributed by atoms with Gasteiger partial charge in [0.25, 0.3) is 0 Å². The molecule has 0 radical (unpaired) electrons. The van der Waals surface area contributed by atoms with E-state index in [-0.39, 0.29) is 22.6 Å². The average molecular weight is 275 g/mol. The molecule has 0 saturated heterocycles. The number of carboxylic acid groups (broad SMARTS) is 1. The summed E-state index contributed by atoms with van der Waals surface area (Å²) in [5.74, 6) is -2.44. The zero-order valence-corrected chi connectivity index (χ0v) is 9.92. The van der Waals surface area contributed by atoms with Gasteiger partial charge in [-0.05, 0) is 24.3 Å². The number of hydrogen-bond donors (Lipinski definition) is 1. The first-order chi connectivity index (χ1) is 9.52. The van der Waals surface area contributed by atoms with Crippen LogP contribution in [0.5, 0.6) is 0 Å². The molecule has 0 aliphatic heterocycles. The molecule has 1 aromatic carbocycles. The molecule has 1 N–H and O–H groups in total. The van der Waals surface area contributed by atoms with Gasteiger partial charge in [-0.2, -0.15) is 0 Å². The topological polar surface area (TPSA) is 67.5 Å². The summed E-state index contributed by atoms with van der Waals surface area (Å²) in [5.41, 5.74) is 0.523. The van der Waals surface area contributed by atoms with Crippen LogP contribution in [-0.4, -0.2) is 25.7 Å². The van der Waals surface area contributed by atoms with E-state index in [0.717, 1.165) is 18.2 Å². The van der Waals surface area contributed by atoms with E-state index >= 15 is 0 Å². The zero-order chi connectivity index (χ0) is 14.3. The SMILES string of the molecule is O=C(O)c1ccn2nc(-c3cc(F)cc(F)c3)nc2c1. The third-order valence-corrected chi connectivity index (χ3v) is 2.71. The molecular weight excluding hydrogens is 268 g/mol. The molecule has 0 aliphatic carbocycles. The van der Waals surface area contributed by atoms with Crippen molar-refractivity contribution in [3.63, 3.8) is 0 Å². The van der Waals surface area contributed by atoms with Crippen molar-refractivity contribution in [1.82, 2.24) is 14.6 Å². The standard InChI is InChI=1S/C13H7F2N3O2/c14-9-3-8(4-10(15)6-9)12-16-11-5-7(13(19)20)1-2-18(11)17-12/h1-6H,(H,19,20). The molecule has 0 fully saturated rings. The van der Waals surface area contributed by atoms with Gasteiger partial charge in [0.1, 0.15) is 11.6 Å². The number of benzene rings is 1. The van der Waals surface area contributed by atoms with Crippen molar-refractivity contribution in [3.05, 3.63) is 53.7 Å². The molecule has 5 nitrogen and oxygen atoms in total. The number of halogens is 2. The van der Waals surface area contributed by atoms with Gasteiger partial charge in [0.2, 0.25) is 0 Å². The van der Waals surface area contributed by atoms with Crippen LogP contribution in [0, 0.1) is 11.6 Å². The van der Waals surface area contributed by atoms with Crippen LogP contribution in [0.25, 0.3) is 17.0 Å². The van der Waals surface area contributed by atoms with Crippen molar-refractivity contribution in [2.45, 2.75) is 0 Å². The Labute approximate surface area is 111 Å². The lowest BCUT2D eigenvalue weighted by Crippen LogP contribution is -1.97. The summed E-state index contributed by atoms with van der Waals surface area (Å²) in [5, 5.41) is 12.9. The van der Waals surface area contributed by atoms with Crippen LogP contribution in [0.15, 0.2) is 36.5 Å². The molecule has 0 bridgehead atoms. The van der Waals surface area contributed by atoms with E-state index in [4.69, 9.17) is 5.11 Å². The second-order valence-corrected chi connectivity index (χ2v) is 4.12. The number of nitrogens with zero attached hydrogens (tertiary/aromatic N) is 3. The highest BCUT2D eigenvalue weighted by Gasteiger charge is 2.11. The van der Waals surface area contributed by atoms with Crippen molar-refractivity contribution in [3.8, 4) is 11.4 Å². The molecule has 3 rings (SSSR count). The summed E-state index contributed by atoms with van der Waals surface area (Å²) in [4.78, 5) is 14.9. The van der Waals surface area contributed by atoms with Crippen LogP contribution < -0.4 is 0 Å². The number of rotatable bonds is 2. The zero-order valence-electron chi connectivity index (χ0n) is 9.92. The maximum Gasteiger partial charge on any atom is 0.335 e. The molecule has 0 atom stereocenters. The second kappa shape index (κ2) is 4.37. The number of aromatic carboxylic acids is 1. The predicted octanol–water partition coefficient (Wildman–Crippen LogP) is 2.37. The Morgan fingerprint density at radius 1 is 1.15 bits per heavy atom. The van der Waals surface area contributed by atoms with Gasteiger partial charge >= 0.3 is 5.97 Å². The summed E-state index contributed by atoms with van der Waals surface area (Å²) in [6.07, 6.45) is 1.42. The smallest absolute Gasteiger partial charge is 0.335 e. The van der Waals surface area contributed by atoms with Crippen molar-refractivity contribution in [2.24, 2.45) is 0 Å². The third kappa shape index (κ3) is 2.09. The molecule has 100 valence electrons. The number of aromatic nitrogens is 3. The van der Waals surface area contributed by atoms with Crippen LogP contribution in [0.2, 0.25) is 0 Å². The fourth-order valence-corrected chi connectivity index (χ4v) is 1.82. The van der Waals surface area contributed by atoms with Gasteiger partial charge in [-0.1, -0.05) is 0 Å². The molecule has 0 unspecified atom stereocenters. The number of carboxylic acids is 1. The Hall–Kier alpha value is -2.83. The Kier molecular flexibility index (Phi) is 2.67. The highest BCUT2D eigenvalue weighted by molar-refractivity contribution is 5.88. The predicted molar refractivity (Wildman–Crippen MR) is 65.3 cm³/mol. The summed E-state index contributed by atoms with van der Waals surface area (Å²) in [6, 6.07) is 5.65. The van der Waals surface area contributed by atoms with Crippen molar-refractivity contribution in [1.29, 1.82) is 0 Å². The van der Waals surface area contributed by atoms with Gasteiger partial charge in [0.05, 0.1) is 5.56 Å². The van der Waals surface area contributed by atoms with Crippen LogP contribution in [0.3, 0.4) is 0 Å². The molecule has 0 aliphatic rings. The van der Waals surface area contributed by atoms with Crippen LogP contribution in [-0.2, 0) is 0 Å². The number of fused-ring (bicyclic) bond motifs is 1. The minimum absolute atomic E-state index is 0.0573. The highest BCUT2D eigenvalue weighted by Crippen LogP contribution is 2.19. The fourth-order valence-electron chi connectivity index (χ4n) is 1.82.